The fraction of sp³-hybridized carbons (Fsp3) is 0.375. The van der Waals surface area contributed by atoms with E-state index in [2.05, 4.69) is 22.6 Å². The van der Waals surface area contributed by atoms with Gasteiger partial charge in [0, 0.05) is 18.2 Å². The van der Waals surface area contributed by atoms with Crippen molar-refractivity contribution in [3.63, 3.8) is 0 Å². The van der Waals surface area contributed by atoms with Crippen molar-refractivity contribution in [3.8, 4) is 0 Å². The summed E-state index contributed by atoms with van der Waals surface area (Å²) < 4.78 is 0.143. The average Bonchev–Trinajstić information content (AvgIpc) is 2.51. The number of aromatic nitrogens is 2. The minimum atomic E-state index is -0.492. The first-order valence-electron chi connectivity index (χ1n) is 4.59. The second-order valence-electron chi connectivity index (χ2n) is 3.53. The van der Waals surface area contributed by atoms with E-state index in [1.165, 1.54) is 4.90 Å². The fourth-order valence-electron chi connectivity index (χ4n) is 1.60. The van der Waals surface area contributed by atoms with Gasteiger partial charge in [-0.25, -0.2) is 0 Å². The average molecular weight is 258 g/mol. The lowest BCUT2D eigenvalue weighted by Crippen LogP contribution is -2.29. The van der Waals surface area contributed by atoms with Crippen molar-refractivity contribution in [3.05, 3.63) is 15.1 Å². The summed E-state index contributed by atoms with van der Waals surface area (Å²) in [6, 6.07) is 0. The summed E-state index contributed by atoms with van der Waals surface area (Å²) in [6.07, 6.45) is 0.329. The van der Waals surface area contributed by atoms with Crippen LogP contribution in [-0.2, 0) is 4.79 Å². The number of carbonyl (C=O) groups is 1. The molecule has 1 atom stereocenters. The van der Waals surface area contributed by atoms with Crippen molar-refractivity contribution >= 4 is 42.3 Å². The number of nitrogens with one attached hydrogen (secondary N) is 2. The molecule has 0 spiro atoms. The molecule has 4 N–H and O–H groups in total. The number of H-pyrrole nitrogens is 2. The number of nitrogens with two attached hydrogens (primary N) is 1. The minimum Gasteiger partial charge on any atom is -0.391 e. The second-order valence-corrected chi connectivity index (χ2v) is 4.67. The summed E-state index contributed by atoms with van der Waals surface area (Å²) in [5.74, 6) is 0.137. The van der Waals surface area contributed by atoms with Crippen molar-refractivity contribution < 1.29 is 4.79 Å². The van der Waals surface area contributed by atoms with E-state index in [9.17, 15) is 9.59 Å². The largest absolute Gasteiger partial charge is 0.391 e. The Kier molecular flexibility index (Phi) is 2.76. The number of aromatic amines is 2. The van der Waals surface area contributed by atoms with Crippen molar-refractivity contribution in [2.75, 3.05) is 17.2 Å². The number of anilines is 2. The fourth-order valence-corrected chi connectivity index (χ4v) is 2.11. The number of carbonyl (C=O) groups excluding carboxylic acids is 1. The Balaban J connectivity index is 2.53. The first-order chi connectivity index (χ1) is 7.49. The van der Waals surface area contributed by atoms with Crippen LogP contribution in [0, 0.1) is 4.77 Å². The molecule has 1 unspecified atom stereocenters. The molecule has 1 saturated heterocycles. The molecule has 1 aliphatic rings. The van der Waals surface area contributed by atoms with Gasteiger partial charge in [-0.3, -0.25) is 19.5 Å². The molecule has 86 valence electrons. The molecule has 2 rings (SSSR count). The van der Waals surface area contributed by atoms with Crippen molar-refractivity contribution in [2.24, 2.45) is 0 Å². The van der Waals surface area contributed by atoms with Gasteiger partial charge in [-0.2, -0.15) is 12.6 Å². The van der Waals surface area contributed by atoms with Gasteiger partial charge in [0.05, 0.1) is 0 Å². The Morgan fingerprint density at radius 3 is 2.69 bits per heavy atom. The van der Waals surface area contributed by atoms with Crippen molar-refractivity contribution in [1.29, 1.82) is 0 Å². The Labute approximate surface area is 101 Å². The van der Waals surface area contributed by atoms with Crippen LogP contribution in [0.25, 0.3) is 0 Å². The number of amides is 1. The number of thiol groups is 1. The monoisotopic (exact) mass is 258 g/mol. The third-order valence-corrected chi connectivity index (χ3v) is 2.88. The Morgan fingerprint density at radius 1 is 1.44 bits per heavy atom. The van der Waals surface area contributed by atoms with Gasteiger partial charge < -0.3 is 10.7 Å². The summed E-state index contributed by atoms with van der Waals surface area (Å²) in [5, 5.41) is -0.0480. The van der Waals surface area contributed by atoms with E-state index in [0.29, 0.717) is 13.0 Å². The van der Waals surface area contributed by atoms with Crippen LogP contribution < -0.4 is 16.2 Å². The third kappa shape index (κ3) is 1.85. The van der Waals surface area contributed by atoms with Crippen molar-refractivity contribution in [1.82, 2.24) is 9.97 Å². The van der Waals surface area contributed by atoms with Crippen LogP contribution in [0.3, 0.4) is 0 Å². The Bertz CT molecular complexity index is 550. The van der Waals surface area contributed by atoms with Crippen LogP contribution in [-0.4, -0.2) is 27.7 Å². The molecular formula is C8H10N4O2S2. The summed E-state index contributed by atoms with van der Waals surface area (Å²) in [7, 11) is 0. The van der Waals surface area contributed by atoms with E-state index >= 15 is 0 Å². The molecule has 1 aromatic rings. The molecule has 0 aromatic carbocycles. The van der Waals surface area contributed by atoms with Gasteiger partial charge in [-0.05, 0) is 12.2 Å². The standard InChI is InChI=1S/C8H10N4O2S2/c9-5-6(10-8(16)11-7(5)14)12-2-3(15)1-4(12)13/h3,15H,1-2,9H2,(H2,10,11,14,16). The van der Waals surface area contributed by atoms with Crippen LogP contribution in [0.4, 0.5) is 11.5 Å². The highest BCUT2D eigenvalue weighted by Gasteiger charge is 2.30. The molecule has 8 heteroatoms. The predicted octanol–water partition coefficient (Wildman–Crippen LogP) is 0.0498. The van der Waals surface area contributed by atoms with E-state index in [-0.39, 0.29) is 27.4 Å². The smallest absolute Gasteiger partial charge is 0.277 e. The van der Waals surface area contributed by atoms with Gasteiger partial charge in [0.2, 0.25) is 5.91 Å². The van der Waals surface area contributed by atoms with Crippen LogP contribution in [0.1, 0.15) is 6.42 Å². The molecule has 0 radical (unpaired) electrons. The molecular weight excluding hydrogens is 248 g/mol. The van der Waals surface area contributed by atoms with Gasteiger partial charge in [-0.15, -0.1) is 0 Å². The molecule has 0 aliphatic carbocycles. The highest BCUT2D eigenvalue weighted by Crippen LogP contribution is 2.24. The lowest BCUT2D eigenvalue weighted by molar-refractivity contribution is -0.117. The number of hydrogen-bond acceptors (Lipinski definition) is 5. The molecule has 0 saturated carbocycles. The molecule has 1 fully saturated rings. The number of nitrogen functional groups attached to an aromatic ring is 1. The molecule has 2 heterocycles. The van der Waals surface area contributed by atoms with E-state index in [1.54, 1.807) is 0 Å². The number of nitrogens with zero attached hydrogens (tertiary/aromatic N) is 1. The van der Waals surface area contributed by atoms with Gasteiger partial charge in [0.1, 0.15) is 11.5 Å². The summed E-state index contributed by atoms with van der Waals surface area (Å²) >= 11 is 9.04. The van der Waals surface area contributed by atoms with Gasteiger partial charge in [-0.1, -0.05) is 0 Å². The lowest BCUT2D eigenvalue weighted by Gasteiger charge is -2.16. The molecule has 16 heavy (non-hydrogen) atoms. The molecule has 1 aliphatic heterocycles. The maximum absolute atomic E-state index is 11.6. The maximum Gasteiger partial charge on any atom is 0.277 e. The lowest BCUT2D eigenvalue weighted by atomic mass is 10.4. The zero-order chi connectivity index (χ0) is 11.9. The number of hydrogen-bond donors (Lipinski definition) is 4. The molecule has 6 nitrogen and oxygen atoms in total. The summed E-state index contributed by atoms with van der Waals surface area (Å²) in [4.78, 5) is 29.5. The maximum atomic E-state index is 11.6. The summed E-state index contributed by atoms with van der Waals surface area (Å²) in [6.45, 7) is 0.418. The van der Waals surface area contributed by atoms with Crippen LogP contribution in [0.15, 0.2) is 4.79 Å². The molecule has 1 aromatic heterocycles. The Morgan fingerprint density at radius 2 is 2.12 bits per heavy atom. The van der Waals surface area contributed by atoms with Gasteiger partial charge in [0.25, 0.3) is 5.56 Å². The molecule has 0 bridgehead atoms. The Hall–Kier alpha value is -1.28. The molecule has 1 amide bonds. The van der Waals surface area contributed by atoms with Crippen molar-refractivity contribution in [2.45, 2.75) is 11.7 Å². The quantitative estimate of drug-likeness (QED) is 0.423. The van der Waals surface area contributed by atoms with E-state index in [0.717, 1.165) is 0 Å². The first kappa shape index (κ1) is 11.2. The third-order valence-electron chi connectivity index (χ3n) is 2.33. The number of rotatable bonds is 1. The van der Waals surface area contributed by atoms with Gasteiger partial charge >= 0.3 is 0 Å². The van der Waals surface area contributed by atoms with Gasteiger partial charge in [0.15, 0.2) is 4.77 Å². The summed E-state index contributed by atoms with van der Waals surface area (Å²) in [5.41, 5.74) is 5.07. The van der Waals surface area contributed by atoms with Crippen LogP contribution >= 0.6 is 24.8 Å². The zero-order valence-corrected chi connectivity index (χ0v) is 9.90. The van der Waals surface area contributed by atoms with E-state index in [4.69, 9.17) is 18.0 Å². The highest BCUT2D eigenvalue weighted by atomic mass is 32.1. The van der Waals surface area contributed by atoms with E-state index < -0.39 is 5.56 Å². The SMILES string of the molecule is Nc1c(N2CC(S)CC2=O)[nH]c(=S)[nH]c1=O. The highest BCUT2D eigenvalue weighted by molar-refractivity contribution is 7.81. The topological polar surface area (TPSA) is 95.0 Å². The first-order valence-corrected chi connectivity index (χ1v) is 5.52. The second kappa shape index (κ2) is 3.95. The van der Waals surface area contributed by atoms with Crippen LogP contribution in [0.2, 0.25) is 0 Å². The van der Waals surface area contributed by atoms with E-state index in [1.807, 2.05) is 0 Å². The predicted molar refractivity (Wildman–Crippen MR) is 66.4 cm³/mol. The zero-order valence-electron chi connectivity index (χ0n) is 8.19. The minimum absolute atomic E-state index is 0.0376. The normalized spacial score (nSPS) is 20.4. The van der Waals surface area contributed by atoms with Crippen LogP contribution in [0.5, 0.6) is 0 Å².